The molecule has 1 aromatic rings. The molecule has 0 N–H and O–H groups in total. The Bertz CT molecular complexity index is 360. The lowest BCUT2D eigenvalue weighted by molar-refractivity contribution is -0.107. The van der Waals surface area contributed by atoms with E-state index in [0.717, 1.165) is 6.07 Å². The zero-order valence-electron chi connectivity index (χ0n) is 7.62. The van der Waals surface area contributed by atoms with Gasteiger partial charge in [-0.15, -0.1) is 0 Å². The third kappa shape index (κ3) is 2.16. The first kappa shape index (κ1) is 10.4. The topological polar surface area (TPSA) is 43.4 Å². The van der Waals surface area contributed by atoms with Crippen molar-refractivity contribution in [3.05, 3.63) is 35.1 Å². The predicted molar refractivity (Wildman–Crippen MR) is 47.5 cm³/mol. The van der Waals surface area contributed by atoms with E-state index in [1.165, 1.54) is 19.2 Å². The van der Waals surface area contributed by atoms with Gasteiger partial charge in [-0.25, -0.2) is 9.18 Å². The second-order valence-electron chi connectivity index (χ2n) is 2.68. The van der Waals surface area contributed by atoms with Gasteiger partial charge in [-0.3, -0.25) is 0 Å². The van der Waals surface area contributed by atoms with Crippen molar-refractivity contribution in [2.24, 2.45) is 0 Å². The summed E-state index contributed by atoms with van der Waals surface area (Å²) in [6, 6.07) is 3.91. The lowest BCUT2D eigenvalue weighted by Crippen LogP contribution is -2.05. The summed E-state index contributed by atoms with van der Waals surface area (Å²) in [5, 5.41) is 0. The maximum Gasteiger partial charge on any atom is 0.340 e. The summed E-state index contributed by atoms with van der Waals surface area (Å²) >= 11 is 0. The van der Waals surface area contributed by atoms with Gasteiger partial charge >= 0.3 is 5.97 Å². The molecule has 0 saturated carbocycles. The molecule has 4 heteroatoms. The maximum atomic E-state index is 13.1. The van der Waals surface area contributed by atoms with Crippen molar-refractivity contribution in [3.8, 4) is 0 Å². The number of benzene rings is 1. The molecule has 0 atom stereocenters. The van der Waals surface area contributed by atoms with Crippen molar-refractivity contribution in [1.82, 2.24) is 0 Å². The highest BCUT2D eigenvalue weighted by Gasteiger charge is 2.12. The Morgan fingerprint density at radius 1 is 1.57 bits per heavy atom. The highest BCUT2D eigenvalue weighted by atomic mass is 19.1. The van der Waals surface area contributed by atoms with Crippen LogP contribution < -0.4 is 0 Å². The minimum absolute atomic E-state index is 0.146. The van der Waals surface area contributed by atoms with Crippen LogP contribution >= 0.6 is 0 Å². The highest BCUT2D eigenvalue weighted by molar-refractivity contribution is 5.89. The summed E-state index contributed by atoms with van der Waals surface area (Å²) in [6.07, 6.45) is 0.846. The van der Waals surface area contributed by atoms with E-state index in [1.54, 1.807) is 0 Å². The fourth-order valence-electron chi connectivity index (χ4n) is 1.06. The van der Waals surface area contributed by atoms with Gasteiger partial charge < -0.3 is 9.53 Å². The van der Waals surface area contributed by atoms with E-state index in [-0.39, 0.29) is 12.0 Å². The average molecular weight is 196 g/mol. The molecule has 0 amide bonds. The van der Waals surface area contributed by atoms with Gasteiger partial charge in [0.05, 0.1) is 12.7 Å². The molecule has 0 aliphatic carbocycles. The van der Waals surface area contributed by atoms with Crippen molar-refractivity contribution in [2.75, 3.05) is 7.11 Å². The van der Waals surface area contributed by atoms with Crippen molar-refractivity contribution in [3.63, 3.8) is 0 Å². The third-order valence-electron chi connectivity index (χ3n) is 1.76. The predicted octanol–water partition coefficient (Wildman–Crippen LogP) is 1.35. The minimum atomic E-state index is -0.741. The van der Waals surface area contributed by atoms with Crippen molar-refractivity contribution in [2.45, 2.75) is 6.42 Å². The van der Waals surface area contributed by atoms with Crippen LogP contribution in [0.1, 0.15) is 15.9 Å². The van der Waals surface area contributed by atoms with E-state index in [9.17, 15) is 14.0 Å². The van der Waals surface area contributed by atoms with Gasteiger partial charge in [0.25, 0.3) is 0 Å². The van der Waals surface area contributed by atoms with E-state index < -0.39 is 11.8 Å². The van der Waals surface area contributed by atoms with Gasteiger partial charge in [0.2, 0.25) is 0 Å². The van der Waals surface area contributed by atoms with Gasteiger partial charge in [-0.2, -0.15) is 0 Å². The van der Waals surface area contributed by atoms with Gasteiger partial charge in [0.1, 0.15) is 12.1 Å². The molecule has 1 rings (SSSR count). The summed E-state index contributed by atoms with van der Waals surface area (Å²) in [7, 11) is 1.17. The fraction of sp³-hybridized carbons (Fsp3) is 0.200. The molecule has 0 saturated heterocycles. The molecule has 0 heterocycles. The Hall–Kier alpha value is -1.71. The second kappa shape index (κ2) is 4.50. The van der Waals surface area contributed by atoms with E-state index in [1.807, 2.05) is 0 Å². The molecule has 0 radical (unpaired) electrons. The van der Waals surface area contributed by atoms with Crippen LogP contribution in [-0.2, 0) is 16.0 Å². The van der Waals surface area contributed by atoms with Crippen LogP contribution in [0.4, 0.5) is 4.39 Å². The van der Waals surface area contributed by atoms with Crippen molar-refractivity contribution >= 4 is 12.3 Å². The number of esters is 1. The van der Waals surface area contributed by atoms with Crippen LogP contribution in [0.3, 0.4) is 0 Å². The minimum Gasteiger partial charge on any atom is -0.465 e. The Morgan fingerprint density at radius 2 is 2.29 bits per heavy atom. The lowest BCUT2D eigenvalue weighted by atomic mass is 10.1. The second-order valence-corrected chi connectivity index (χ2v) is 2.68. The van der Waals surface area contributed by atoms with Crippen LogP contribution in [-0.4, -0.2) is 19.4 Å². The van der Waals surface area contributed by atoms with E-state index in [2.05, 4.69) is 4.74 Å². The van der Waals surface area contributed by atoms with Crippen LogP contribution in [0.5, 0.6) is 0 Å². The normalized spacial score (nSPS) is 9.57. The summed E-state index contributed by atoms with van der Waals surface area (Å²) < 4.78 is 17.4. The molecule has 3 nitrogen and oxygen atoms in total. The molecule has 0 bridgehead atoms. The number of carbonyl (C=O) groups is 2. The number of ether oxygens (including phenoxy) is 1. The summed E-state index contributed by atoms with van der Waals surface area (Å²) in [6.45, 7) is 0. The van der Waals surface area contributed by atoms with E-state index >= 15 is 0 Å². The average Bonchev–Trinajstić information content (AvgIpc) is 2.20. The first-order valence-electron chi connectivity index (χ1n) is 3.99. The van der Waals surface area contributed by atoms with Crippen LogP contribution in [0.15, 0.2) is 18.2 Å². The zero-order valence-corrected chi connectivity index (χ0v) is 7.62. The van der Waals surface area contributed by atoms with Gasteiger partial charge in [0.15, 0.2) is 0 Å². The highest BCUT2D eigenvalue weighted by Crippen LogP contribution is 2.11. The van der Waals surface area contributed by atoms with Crippen LogP contribution in [0.25, 0.3) is 0 Å². The number of rotatable bonds is 3. The molecule has 0 spiro atoms. The molecular formula is C10H9FO3. The standard InChI is InChI=1S/C10H9FO3/c1-14-10(13)8-6-7(4-5-12)2-3-9(8)11/h2-3,5-6H,4H2,1H3. The van der Waals surface area contributed by atoms with Gasteiger partial charge in [0, 0.05) is 6.42 Å². The van der Waals surface area contributed by atoms with Crippen LogP contribution in [0.2, 0.25) is 0 Å². The summed E-state index contributed by atoms with van der Waals surface area (Å²) in [5.41, 5.74) is 0.439. The van der Waals surface area contributed by atoms with Crippen LogP contribution in [0, 0.1) is 5.82 Å². The number of hydrogen-bond acceptors (Lipinski definition) is 3. The number of carbonyl (C=O) groups excluding carboxylic acids is 2. The zero-order chi connectivity index (χ0) is 10.6. The van der Waals surface area contributed by atoms with E-state index in [0.29, 0.717) is 11.8 Å². The van der Waals surface area contributed by atoms with Gasteiger partial charge in [-0.1, -0.05) is 6.07 Å². The number of halogens is 1. The number of methoxy groups -OCH3 is 1. The maximum absolute atomic E-state index is 13.1. The molecule has 14 heavy (non-hydrogen) atoms. The van der Waals surface area contributed by atoms with Crippen molar-refractivity contribution in [1.29, 1.82) is 0 Å². The largest absolute Gasteiger partial charge is 0.465 e. The fourth-order valence-corrected chi connectivity index (χ4v) is 1.06. The monoisotopic (exact) mass is 196 g/mol. The molecule has 0 aliphatic rings. The summed E-state index contributed by atoms with van der Waals surface area (Å²) in [4.78, 5) is 21.2. The number of hydrogen-bond donors (Lipinski definition) is 0. The molecule has 0 aliphatic heterocycles. The smallest absolute Gasteiger partial charge is 0.340 e. The SMILES string of the molecule is COC(=O)c1cc(CC=O)ccc1F. The molecular weight excluding hydrogens is 187 g/mol. The first-order chi connectivity index (χ1) is 6.69. The Morgan fingerprint density at radius 3 is 2.86 bits per heavy atom. The molecule has 1 aromatic carbocycles. The quantitative estimate of drug-likeness (QED) is 0.541. The first-order valence-corrected chi connectivity index (χ1v) is 3.99. The van der Waals surface area contributed by atoms with Crippen molar-refractivity contribution < 1.29 is 18.7 Å². The molecule has 74 valence electrons. The number of aldehydes is 1. The van der Waals surface area contributed by atoms with E-state index in [4.69, 9.17) is 0 Å². The Labute approximate surface area is 80.5 Å². The van der Waals surface area contributed by atoms with Gasteiger partial charge in [-0.05, 0) is 17.7 Å². The molecule has 0 aromatic heterocycles. The third-order valence-corrected chi connectivity index (χ3v) is 1.76. The Balaban J connectivity index is 3.07. The molecule has 0 unspecified atom stereocenters. The summed E-state index contributed by atoms with van der Waals surface area (Å²) in [5.74, 6) is -1.39. The lowest BCUT2D eigenvalue weighted by Gasteiger charge is -2.02. The molecule has 0 fully saturated rings. The Kier molecular flexibility index (Phi) is 3.34.